The maximum absolute atomic E-state index is 14.6. The molecule has 0 spiro atoms. The average Bonchev–Trinajstić information content (AvgIpc) is 3.56. The van der Waals surface area contributed by atoms with Crippen LogP contribution in [0.15, 0.2) is 138 Å². The maximum atomic E-state index is 14.6. The fraction of sp³-hybridized carbons (Fsp3) is 0.200. The number of hydrogen-bond donors (Lipinski definition) is 3. The lowest BCUT2D eigenvalue weighted by Gasteiger charge is -2.31. The number of rotatable bonds is 15. The molecule has 2 atom stereocenters. The van der Waals surface area contributed by atoms with Crippen molar-refractivity contribution in [1.29, 1.82) is 0 Å². The number of nitrogens with zero attached hydrogens (tertiary/aromatic N) is 4. The molecule has 1 aliphatic rings. The van der Waals surface area contributed by atoms with Gasteiger partial charge in [-0.3, -0.25) is 10.2 Å². The summed E-state index contributed by atoms with van der Waals surface area (Å²) in [5.74, 6) is 0.0592. The van der Waals surface area contributed by atoms with Gasteiger partial charge in [0.25, 0.3) is 5.91 Å². The highest BCUT2D eigenvalue weighted by molar-refractivity contribution is 6.01. The summed E-state index contributed by atoms with van der Waals surface area (Å²) in [7, 11) is 0. The predicted octanol–water partition coefficient (Wildman–Crippen LogP) is 7.56. The van der Waals surface area contributed by atoms with E-state index in [1.54, 1.807) is 60.7 Å². The Balaban J connectivity index is 1.39. The van der Waals surface area contributed by atoms with E-state index in [4.69, 9.17) is 19.6 Å². The molecule has 0 aromatic heterocycles. The molecule has 258 valence electrons. The van der Waals surface area contributed by atoms with Crippen LogP contribution in [-0.2, 0) is 22.4 Å². The van der Waals surface area contributed by atoms with Gasteiger partial charge in [-0.15, -0.1) is 0 Å². The van der Waals surface area contributed by atoms with Crippen molar-refractivity contribution < 1.29 is 23.8 Å². The Morgan fingerprint density at radius 2 is 1.55 bits per heavy atom. The molecule has 0 aliphatic carbocycles. The second-order valence-corrected chi connectivity index (χ2v) is 12.0. The zero-order valence-electron chi connectivity index (χ0n) is 27.8. The molecule has 6 rings (SSSR count). The van der Waals surface area contributed by atoms with E-state index in [1.807, 2.05) is 60.7 Å². The summed E-state index contributed by atoms with van der Waals surface area (Å²) in [6, 6.07) is 38.5. The van der Waals surface area contributed by atoms with Crippen LogP contribution in [0.25, 0.3) is 21.6 Å². The normalized spacial score (nSPS) is 16.4. The zero-order valence-corrected chi connectivity index (χ0v) is 27.8. The average molecular weight is 685 g/mol. The van der Waals surface area contributed by atoms with Crippen LogP contribution in [-0.4, -0.2) is 42.2 Å². The molecule has 5 aromatic carbocycles. The summed E-state index contributed by atoms with van der Waals surface area (Å²) < 4.78 is 26.7. The van der Waals surface area contributed by atoms with Gasteiger partial charge in [0, 0.05) is 42.2 Å². The van der Waals surface area contributed by atoms with Crippen LogP contribution in [0.2, 0.25) is 0 Å². The van der Waals surface area contributed by atoms with Crippen LogP contribution in [0.1, 0.15) is 34.8 Å². The van der Waals surface area contributed by atoms with Gasteiger partial charge in [0.15, 0.2) is 11.6 Å². The topological polar surface area (TPSA) is 141 Å². The van der Waals surface area contributed by atoms with Gasteiger partial charge in [-0.25, -0.2) is 14.8 Å². The Labute approximate surface area is 295 Å². The van der Waals surface area contributed by atoms with Gasteiger partial charge in [0.2, 0.25) is 5.90 Å². The third kappa shape index (κ3) is 8.25. The molecule has 11 heteroatoms. The fourth-order valence-electron chi connectivity index (χ4n) is 6.01. The van der Waals surface area contributed by atoms with Gasteiger partial charge in [-0.1, -0.05) is 102 Å². The first-order chi connectivity index (χ1) is 25.0. The van der Waals surface area contributed by atoms with Crippen molar-refractivity contribution >= 4 is 17.5 Å². The molecule has 0 saturated heterocycles. The zero-order chi connectivity index (χ0) is 35.5. The molecule has 5 aromatic rings. The molecule has 1 heterocycles. The molecule has 10 nitrogen and oxygen atoms in total. The molecule has 0 unspecified atom stereocenters. The fourth-order valence-corrected chi connectivity index (χ4v) is 6.01. The highest BCUT2D eigenvalue weighted by Crippen LogP contribution is 2.44. The quantitative estimate of drug-likeness (QED) is 0.0343. The lowest BCUT2D eigenvalue weighted by atomic mass is 9.81. The molecule has 51 heavy (non-hydrogen) atoms. The molecule has 0 radical (unpaired) electrons. The van der Waals surface area contributed by atoms with E-state index in [-0.39, 0.29) is 31.3 Å². The van der Waals surface area contributed by atoms with Gasteiger partial charge >= 0.3 is 0 Å². The van der Waals surface area contributed by atoms with Crippen LogP contribution < -0.4 is 15.6 Å². The minimum absolute atomic E-state index is 0.0278. The van der Waals surface area contributed by atoms with Crippen LogP contribution in [0.5, 0.6) is 5.75 Å². The monoisotopic (exact) mass is 684 g/mol. The van der Waals surface area contributed by atoms with Crippen LogP contribution >= 0.6 is 0 Å². The lowest BCUT2D eigenvalue weighted by molar-refractivity contribution is -0.130. The summed E-state index contributed by atoms with van der Waals surface area (Å²) in [6.07, 6.45) is -0.0295. The summed E-state index contributed by atoms with van der Waals surface area (Å²) in [5.41, 5.74) is 18.4. The Kier molecular flexibility index (Phi) is 11.3. The molecular formula is C40H37FN6O4. The predicted molar refractivity (Wildman–Crippen MR) is 194 cm³/mol. The van der Waals surface area contributed by atoms with E-state index < -0.39 is 17.6 Å². The number of aliphatic imine (C=N–C) groups is 1. The Hall–Kier alpha value is -6.00. The summed E-state index contributed by atoms with van der Waals surface area (Å²) in [6.45, 7) is 0.650. The van der Waals surface area contributed by atoms with Crippen molar-refractivity contribution in [2.45, 2.75) is 30.9 Å². The van der Waals surface area contributed by atoms with E-state index in [0.29, 0.717) is 53.1 Å². The lowest BCUT2D eigenvalue weighted by Crippen LogP contribution is -2.54. The minimum atomic E-state index is -1.58. The number of aliphatic hydroxyl groups is 1. The number of benzene rings is 5. The van der Waals surface area contributed by atoms with Gasteiger partial charge < -0.3 is 14.6 Å². The van der Waals surface area contributed by atoms with Crippen molar-refractivity contribution in [3.8, 4) is 16.9 Å². The molecular weight excluding hydrogens is 647 g/mol. The smallest absolute Gasteiger partial charge is 0.266 e. The number of carbonyl (C=O) groups excluding carboxylic acids is 1. The van der Waals surface area contributed by atoms with Gasteiger partial charge in [0.05, 0.1) is 6.61 Å². The number of aliphatic hydroxyl groups excluding tert-OH is 1. The number of ether oxygens (including phenoxy) is 2. The number of amides is 1. The second kappa shape index (κ2) is 16.6. The SMILES string of the molecule is [N-]=[N+]=Nc1ccccc1C[C@]1(C(=O)NNCCc2ccccc2F)N=C(c2ccc(OCCCO)cc2)O[C@H]1c1ccc(-c2ccccc2)cc1. The highest BCUT2D eigenvalue weighted by Gasteiger charge is 2.53. The van der Waals surface area contributed by atoms with Crippen LogP contribution in [0, 0.1) is 5.82 Å². The highest BCUT2D eigenvalue weighted by atomic mass is 19.1. The second-order valence-electron chi connectivity index (χ2n) is 12.0. The van der Waals surface area contributed by atoms with E-state index >= 15 is 0 Å². The van der Waals surface area contributed by atoms with Gasteiger partial charge in [-0.2, -0.15) is 0 Å². The van der Waals surface area contributed by atoms with Crippen LogP contribution in [0.3, 0.4) is 0 Å². The Morgan fingerprint density at radius 3 is 2.27 bits per heavy atom. The van der Waals surface area contributed by atoms with E-state index in [1.165, 1.54) is 6.07 Å². The first-order valence-electron chi connectivity index (χ1n) is 16.7. The number of hydrogen-bond acceptors (Lipinski definition) is 7. The largest absolute Gasteiger partial charge is 0.494 e. The summed E-state index contributed by atoms with van der Waals surface area (Å²) in [4.78, 5) is 22.7. The number of carbonyl (C=O) groups is 1. The molecule has 0 saturated carbocycles. The number of hydrazine groups is 1. The van der Waals surface area contributed by atoms with Crippen molar-refractivity contribution in [2.75, 3.05) is 19.8 Å². The van der Waals surface area contributed by atoms with Crippen molar-refractivity contribution in [3.63, 3.8) is 0 Å². The summed E-state index contributed by atoms with van der Waals surface area (Å²) in [5, 5.41) is 13.0. The Bertz CT molecular complexity index is 2020. The minimum Gasteiger partial charge on any atom is -0.494 e. The maximum Gasteiger partial charge on any atom is 0.266 e. The number of nitrogens with one attached hydrogen (secondary N) is 2. The first-order valence-corrected chi connectivity index (χ1v) is 16.7. The van der Waals surface area contributed by atoms with Crippen molar-refractivity contribution in [1.82, 2.24) is 10.9 Å². The molecule has 1 aliphatic heterocycles. The van der Waals surface area contributed by atoms with Crippen molar-refractivity contribution in [2.24, 2.45) is 10.1 Å². The third-order valence-corrected chi connectivity index (χ3v) is 8.63. The molecule has 0 fully saturated rings. The molecule has 3 N–H and O–H groups in total. The number of halogens is 1. The van der Waals surface area contributed by atoms with Crippen LogP contribution in [0.4, 0.5) is 10.1 Å². The van der Waals surface area contributed by atoms with E-state index in [2.05, 4.69) is 20.9 Å². The van der Waals surface area contributed by atoms with E-state index in [0.717, 1.165) is 11.1 Å². The standard InChI is InChI=1S/C40H37FN6O4/c41-35-13-6-4-11-30(35)23-24-43-46-39(49)40(27-33-12-5-7-14-36(33)45-47-42)37(31-17-15-29(16-18-31)28-9-2-1-3-10-28)51-38(44-40)32-19-21-34(22-20-32)50-26-8-25-48/h1-7,9-22,37,43,48H,8,23-27H2,(H,46,49)/t37-,40-/m0/s1. The van der Waals surface area contributed by atoms with E-state index in [9.17, 15) is 14.7 Å². The first kappa shape index (κ1) is 34.8. The molecule has 0 bridgehead atoms. The van der Waals surface area contributed by atoms with Gasteiger partial charge in [-0.05, 0) is 70.1 Å². The van der Waals surface area contributed by atoms with Crippen molar-refractivity contribution in [3.05, 3.63) is 166 Å². The Morgan fingerprint density at radius 1 is 0.882 bits per heavy atom. The number of azide groups is 1. The van der Waals surface area contributed by atoms with Gasteiger partial charge in [0.1, 0.15) is 11.6 Å². The summed E-state index contributed by atoms with van der Waals surface area (Å²) >= 11 is 0. The third-order valence-electron chi connectivity index (χ3n) is 8.63. The molecule has 1 amide bonds.